The molecule has 30 heavy (non-hydrogen) atoms. The molecule has 0 fully saturated rings. The van der Waals surface area contributed by atoms with Gasteiger partial charge in [0.15, 0.2) is 0 Å². The van der Waals surface area contributed by atoms with Gasteiger partial charge in [0.25, 0.3) is 5.69 Å². The molecule has 0 saturated heterocycles. The molecule has 0 aliphatic rings. The van der Waals surface area contributed by atoms with Gasteiger partial charge in [-0.3, -0.25) is 10.1 Å². The zero-order chi connectivity index (χ0) is 21.7. The van der Waals surface area contributed by atoms with Crippen LogP contribution in [0.15, 0.2) is 54.6 Å². The van der Waals surface area contributed by atoms with Crippen LogP contribution in [0.5, 0.6) is 0 Å². The summed E-state index contributed by atoms with van der Waals surface area (Å²) in [6.45, 7) is 3.87. The van der Waals surface area contributed by atoms with Crippen molar-refractivity contribution in [1.82, 2.24) is 9.97 Å². The summed E-state index contributed by atoms with van der Waals surface area (Å²) < 4.78 is 0. The Labute approximate surface area is 179 Å². The van der Waals surface area contributed by atoms with Gasteiger partial charge in [-0.25, -0.2) is 4.98 Å². The van der Waals surface area contributed by atoms with Gasteiger partial charge in [-0.05, 0) is 18.1 Å². The standard InChI is InChI=1S/C21H22ClN5O3/c1-13(2)18(12-28)25-21-24-16(14-6-4-3-5-7-14)11-20(26-21)23-17-10-15(22)8-9-19(17)27(29)30/h3-11,13,18,28H,12H2,1-2H3,(H2,23,24,25,26)/t18-/m1/s1. The predicted octanol–water partition coefficient (Wildman–Crippen LogP) is 4.88. The quantitative estimate of drug-likeness (QED) is 0.347. The Morgan fingerprint density at radius 1 is 1.13 bits per heavy atom. The largest absolute Gasteiger partial charge is 0.394 e. The van der Waals surface area contributed by atoms with E-state index in [1.165, 1.54) is 18.2 Å². The first kappa shape index (κ1) is 21.5. The van der Waals surface area contributed by atoms with Crippen LogP contribution < -0.4 is 10.6 Å². The molecule has 1 aromatic heterocycles. The highest BCUT2D eigenvalue weighted by atomic mass is 35.5. The molecule has 156 valence electrons. The zero-order valence-electron chi connectivity index (χ0n) is 16.5. The summed E-state index contributed by atoms with van der Waals surface area (Å²) in [6, 6.07) is 15.2. The third kappa shape index (κ3) is 5.22. The van der Waals surface area contributed by atoms with Gasteiger partial charge >= 0.3 is 0 Å². The Balaban J connectivity index is 2.04. The molecule has 0 bridgehead atoms. The lowest BCUT2D eigenvalue weighted by atomic mass is 10.1. The second-order valence-corrected chi connectivity index (χ2v) is 7.49. The van der Waals surface area contributed by atoms with E-state index in [1.807, 2.05) is 44.2 Å². The van der Waals surface area contributed by atoms with Crippen LogP contribution in [-0.4, -0.2) is 32.6 Å². The fraction of sp³-hybridized carbons (Fsp3) is 0.238. The lowest BCUT2D eigenvalue weighted by Gasteiger charge is -2.20. The number of nitro benzene ring substituents is 1. The summed E-state index contributed by atoms with van der Waals surface area (Å²) in [4.78, 5) is 19.9. The van der Waals surface area contributed by atoms with Crippen LogP contribution in [0.3, 0.4) is 0 Å². The van der Waals surface area contributed by atoms with Gasteiger partial charge in [-0.1, -0.05) is 55.8 Å². The SMILES string of the molecule is CC(C)[C@@H](CO)Nc1nc(Nc2cc(Cl)ccc2[N+](=O)[O-])cc(-c2ccccc2)n1. The van der Waals surface area contributed by atoms with E-state index in [0.29, 0.717) is 22.5 Å². The number of aromatic nitrogens is 2. The maximum atomic E-state index is 11.4. The van der Waals surface area contributed by atoms with Crippen LogP contribution in [0.2, 0.25) is 5.02 Å². The first-order chi connectivity index (χ1) is 14.4. The molecule has 0 spiro atoms. The molecule has 3 N–H and O–H groups in total. The van der Waals surface area contributed by atoms with E-state index in [0.717, 1.165) is 5.56 Å². The molecule has 1 heterocycles. The van der Waals surface area contributed by atoms with Crippen molar-refractivity contribution in [3.63, 3.8) is 0 Å². The van der Waals surface area contributed by atoms with Crippen molar-refractivity contribution >= 4 is 34.7 Å². The molecule has 3 rings (SSSR count). The van der Waals surface area contributed by atoms with E-state index in [4.69, 9.17) is 11.6 Å². The number of benzene rings is 2. The van der Waals surface area contributed by atoms with Crippen molar-refractivity contribution in [3.05, 3.63) is 69.7 Å². The van der Waals surface area contributed by atoms with Crippen LogP contribution in [0.25, 0.3) is 11.3 Å². The van der Waals surface area contributed by atoms with Gasteiger partial charge in [-0.15, -0.1) is 0 Å². The number of nitrogens with one attached hydrogen (secondary N) is 2. The smallest absolute Gasteiger partial charge is 0.292 e. The van der Waals surface area contributed by atoms with Gasteiger partial charge in [-0.2, -0.15) is 4.98 Å². The Morgan fingerprint density at radius 2 is 1.87 bits per heavy atom. The number of aliphatic hydroxyl groups is 1. The summed E-state index contributed by atoms with van der Waals surface area (Å²) in [7, 11) is 0. The number of hydrogen-bond acceptors (Lipinski definition) is 7. The molecule has 1 atom stereocenters. The first-order valence-electron chi connectivity index (χ1n) is 9.40. The molecule has 2 aromatic carbocycles. The normalized spacial score (nSPS) is 11.9. The molecule has 0 aliphatic heterocycles. The number of aliphatic hydroxyl groups excluding tert-OH is 1. The minimum absolute atomic E-state index is 0.0842. The van der Waals surface area contributed by atoms with Gasteiger partial charge in [0.05, 0.1) is 23.3 Å². The molecular weight excluding hydrogens is 406 g/mol. The van der Waals surface area contributed by atoms with Crippen molar-refractivity contribution < 1.29 is 10.0 Å². The van der Waals surface area contributed by atoms with E-state index < -0.39 is 4.92 Å². The lowest BCUT2D eigenvalue weighted by molar-refractivity contribution is -0.383. The topological polar surface area (TPSA) is 113 Å². The molecule has 0 unspecified atom stereocenters. The van der Waals surface area contributed by atoms with Crippen LogP contribution in [0.4, 0.5) is 23.1 Å². The molecule has 0 aliphatic carbocycles. The van der Waals surface area contributed by atoms with Crippen LogP contribution in [0.1, 0.15) is 13.8 Å². The fourth-order valence-electron chi connectivity index (χ4n) is 2.83. The predicted molar refractivity (Wildman–Crippen MR) is 118 cm³/mol. The molecular formula is C21H22ClN5O3. The van der Waals surface area contributed by atoms with Crippen LogP contribution in [-0.2, 0) is 0 Å². The average molecular weight is 428 g/mol. The Kier molecular flexibility index (Phi) is 6.81. The van der Waals surface area contributed by atoms with Crippen molar-refractivity contribution in [2.24, 2.45) is 5.92 Å². The van der Waals surface area contributed by atoms with Crippen LogP contribution in [0, 0.1) is 16.0 Å². The van der Waals surface area contributed by atoms with Crippen LogP contribution >= 0.6 is 11.6 Å². The first-order valence-corrected chi connectivity index (χ1v) is 9.78. The summed E-state index contributed by atoms with van der Waals surface area (Å²) in [5, 5.41) is 27.5. The van der Waals surface area contributed by atoms with E-state index >= 15 is 0 Å². The monoisotopic (exact) mass is 427 g/mol. The Hall–Kier alpha value is -3.23. The second-order valence-electron chi connectivity index (χ2n) is 7.05. The third-order valence-electron chi connectivity index (χ3n) is 4.53. The number of nitrogens with zero attached hydrogens (tertiary/aromatic N) is 3. The molecule has 0 radical (unpaired) electrons. The van der Waals surface area contributed by atoms with Crippen molar-refractivity contribution in [1.29, 1.82) is 0 Å². The molecule has 8 nitrogen and oxygen atoms in total. The van der Waals surface area contributed by atoms with Gasteiger partial charge in [0.2, 0.25) is 5.95 Å². The third-order valence-corrected chi connectivity index (χ3v) is 4.76. The average Bonchev–Trinajstić information content (AvgIpc) is 2.72. The van der Waals surface area contributed by atoms with E-state index in [1.54, 1.807) is 6.07 Å². The van der Waals surface area contributed by atoms with E-state index in [9.17, 15) is 15.2 Å². The minimum Gasteiger partial charge on any atom is -0.394 e. The van der Waals surface area contributed by atoms with Crippen molar-refractivity contribution in [2.75, 3.05) is 17.2 Å². The van der Waals surface area contributed by atoms with Gasteiger partial charge < -0.3 is 15.7 Å². The molecule has 3 aromatic rings. The number of nitro groups is 1. The maximum Gasteiger partial charge on any atom is 0.292 e. The summed E-state index contributed by atoms with van der Waals surface area (Å²) in [5.74, 6) is 0.804. The highest BCUT2D eigenvalue weighted by Crippen LogP contribution is 2.31. The summed E-state index contributed by atoms with van der Waals surface area (Å²) in [6.07, 6.45) is 0. The highest BCUT2D eigenvalue weighted by molar-refractivity contribution is 6.31. The summed E-state index contributed by atoms with van der Waals surface area (Å²) in [5.41, 5.74) is 1.58. The van der Waals surface area contributed by atoms with E-state index in [2.05, 4.69) is 20.6 Å². The lowest BCUT2D eigenvalue weighted by Crippen LogP contribution is -2.30. The molecule has 0 amide bonds. The minimum atomic E-state index is -0.488. The molecule has 9 heteroatoms. The number of rotatable bonds is 8. The molecule has 0 saturated carbocycles. The number of hydrogen-bond donors (Lipinski definition) is 3. The Bertz CT molecular complexity index is 1030. The van der Waals surface area contributed by atoms with Crippen molar-refractivity contribution in [3.8, 4) is 11.3 Å². The second kappa shape index (κ2) is 9.51. The van der Waals surface area contributed by atoms with Gasteiger partial charge in [0.1, 0.15) is 11.5 Å². The Morgan fingerprint density at radius 3 is 2.50 bits per heavy atom. The van der Waals surface area contributed by atoms with Gasteiger partial charge in [0, 0.05) is 22.7 Å². The maximum absolute atomic E-state index is 11.4. The highest BCUT2D eigenvalue weighted by Gasteiger charge is 2.18. The fourth-order valence-corrected chi connectivity index (χ4v) is 3.00. The summed E-state index contributed by atoms with van der Waals surface area (Å²) >= 11 is 6.03. The van der Waals surface area contributed by atoms with Crippen molar-refractivity contribution in [2.45, 2.75) is 19.9 Å². The zero-order valence-corrected chi connectivity index (χ0v) is 17.3. The van der Waals surface area contributed by atoms with E-state index in [-0.39, 0.29) is 29.9 Å². The number of anilines is 3. The number of halogens is 1.